The Bertz CT molecular complexity index is 199. The molecular weight excluding hydrogens is 178 g/mol. The van der Waals surface area contributed by atoms with E-state index >= 15 is 0 Å². The second kappa shape index (κ2) is 5.50. The van der Waals surface area contributed by atoms with Crippen LogP contribution in [0.15, 0.2) is 0 Å². The first-order valence-corrected chi connectivity index (χ1v) is 5.57. The second-order valence-corrected chi connectivity index (χ2v) is 4.80. The molecule has 74 valence electrons. The quantitative estimate of drug-likeness (QED) is 0.615. The fourth-order valence-electron chi connectivity index (χ4n) is 0.526. The SMILES string of the molecule is CNCCS(=O)(=O)OCC(C)C. The van der Waals surface area contributed by atoms with Crippen LogP contribution in [-0.4, -0.2) is 34.4 Å². The molecule has 0 aromatic rings. The Morgan fingerprint density at radius 1 is 1.42 bits per heavy atom. The fourth-order valence-corrected chi connectivity index (χ4v) is 1.58. The monoisotopic (exact) mass is 195 g/mol. The molecule has 0 aliphatic heterocycles. The van der Waals surface area contributed by atoms with E-state index in [4.69, 9.17) is 4.18 Å². The van der Waals surface area contributed by atoms with Gasteiger partial charge in [0, 0.05) is 6.54 Å². The van der Waals surface area contributed by atoms with Gasteiger partial charge < -0.3 is 5.32 Å². The number of hydrogen-bond acceptors (Lipinski definition) is 4. The Kier molecular flexibility index (Phi) is 5.44. The lowest BCUT2D eigenvalue weighted by Gasteiger charge is -2.06. The first-order valence-electron chi connectivity index (χ1n) is 3.99. The zero-order chi connectivity index (χ0) is 9.61. The van der Waals surface area contributed by atoms with Crippen LogP contribution in [0.4, 0.5) is 0 Å². The van der Waals surface area contributed by atoms with E-state index in [9.17, 15) is 8.42 Å². The normalized spacial score (nSPS) is 12.3. The van der Waals surface area contributed by atoms with Crippen LogP contribution in [0, 0.1) is 5.92 Å². The van der Waals surface area contributed by atoms with Crippen LogP contribution in [0.3, 0.4) is 0 Å². The summed E-state index contributed by atoms with van der Waals surface area (Å²) in [6, 6.07) is 0. The van der Waals surface area contributed by atoms with Crippen molar-refractivity contribution in [1.29, 1.82) is 0 Å². The molecule has 5 heteroatoms. The van der Waals surface area contributed by atoms with Crippen molar-refractivity contribution in [3.63, 3.8) is 0 Å². The van der Waals surface area contributed by atoms with Crippen LogP contribution in [0.5, 0.6) is 0 Å². The summed E-state index contributed by atoms with van der Waals surface area (Å²) in [5.74, 6) is 0.283. The van der Waals surface area contributed by atoms with Gasteiger partial charge in [-0.2, -0.15) is 8.42 Å². The largest absolute Gasteiger partial charge is 0.319 e. The summed E-state index contributed by atoms with van der Waals surface area (Å²) in [4.78, 5) is 0. The minimum atomic E-state index is -3.30. The molecule has 0 rings (SSSR count). The molecule has 4 nitrogen and oxygen atoms in total. The molecule has 12 heavy (non-hydrogen) atoms. The summed E-state index contributed by atoms with van der Waals surface area (Å²) in [5, 5.41) is 2.75. The molecule has 0 saturated heterocycles. The van der Waals surface area contributed by atoms with Crippen LogP contribution in [0.2, 0.25) is 0 Å². The number of nitrogens with one attached hydrogen (secondary N) is 1. The highest BCUT2D eigenvalue weighted by Gasteiger charge is 2.10. The minimum Gasteiger partial charge on any atom is -0.319 e. The maximum Gasteiger partial charge on any atom is 0.268 e. The van der Waals surface area contributed by atoms with E-state index in [1.165, 1.54) is 0 Å². The van der Waals surface area contributed by atoms with E-state index in [2.05, 4.69) is 5.32 Å². The van der Waals surface area contributed by atoms with Gasteiger partial charge in [-0.1, -0.05) is 13.8 Å². The van der Waals surface area contributed by atoms with Crippen LogP contribution >= 0.6 is 0 Å². The van der Waals surface area contributed by atoms with E-state index in [0.717, 1.165) is 0 Å². The van der Waals surface area contributed by atoms with Crippen molar-refractivity contribution in [3.8, 4) is 0 Å². The van der Waals surface area contributed by atoms with E-state index < -0.39 is 10.1 Å². The van der Waals surface area contributed by atoms with Crippen LogP contribution < -0.4 is 5.32 Å². The van der Waals surface area contributed by atoms with Crippen molar-refractivity contribution in [3.05, 3.63) is 0 Å². The van der Waals surface area contributed by atoms with E-state index in [1.54, 1.807) is 7.05 Å². The summed E-state index contributed by atoms with van der Waals surface area (Å²) in [6.07, 6.45) is 0. The highest BCUT2D eigenvalue weighted by Crippen LogP contribution is 1.98. The summed E-state index contributed by atoms with van der Waals surface area (Å²) < 4.78 is 26.8. The molecule has 0 unspecified atom stereocenters. The molecule has 0 aliphatic carbocycles. The van der Waals surface area contributed by atoms with Gasteiger partial charge in [0.2, 0.25) is 0 Å². The zero-order valence-corrected chi connectivity index (χ0v) is 8.65. The smallest absolute Gasteiger partial charge is 0.268 e. The first kappa shape index (κ1) is 11.9. The summed E-state index contributed by atoms with van der Waals surface area (Å²) >= 11 is 0. The second-order valence-electron chi connectivity index (χ2n) is 3.04. The van der Waals surface area contributed by atoms with Crippen LogP contribution in [0.25, 0.3) is 0 Å². The Balaban J connectivity index is 3.73. The van der Waals surface area contributed by atoms with Crippen molar-refractivity contribution in [2.75, 3.05) is 26.0 Å². The van der Waals surface area contributed by atoms with E-state index in [0.29, 0.717) is 6.54 Å². The van der Waals surface area contributed by atoms with Crippen molar-refractivity contribution >= 4 is 10.1 Å². The minimum absolute atomic E-state index is 0.0379. The highest BCUT2D eigenvalue weighted by atomic mass is 32.2. The lowest BCUT2D eigenvalue weighted by molar-refractivity contribution is 0.275. The molecule has 0 amide bonds. The standard InChI is InChI=1S/C7H17NO3S/c1-7(2)6-11-12(9,10)5-4-8-3/h7-8H,4-6H2,1-3H3. The fraction of sp³-hybridized carbons (Fsp3) is 1.00. The van der Waals surface area contributed by atoms with Gasteiger partial charge in [0.1, 0.15) is 0 Å². The molecular formula is C7H17NO3S. The predicted octanol–water partition coefficient (Wildman–Crippen LogP) is 0.208. The van der Waals surface area contributed by atoms with Crippen molar-refractivity contribution in [2.45, 2.75) is 13.8 Å². The molecule has 0 aromatic carbocycles. The Morgan fingerprint density at radius 2 is 2.00 bits per heavy atom. The van der Waals surface area contributed by atoms with Gasteiger partial charge >= 0.3 is 0 Å². The highest BCUT2D eigenvalue weighted by molar-refractivity contribution is 7.86. The third-order valence-corrected chi connectivity index (χ3v) is 2.38. The molecule has 0 atom stereocenters. The topological polar surface area (TPSA) is 55.4 Å². The molecule has 0 fully saturated rings. The number of rotatable bonds is 6. The average molecular weight is 195 g/mol. The molecule has 0 heterocycles. The predicted molar refractivity (Wildman–Crippen MR) is 48.5 cm³/mol. The molecule has 0 radical (unpaired) electrons. The molecule has 1 N–H and O–H groups in total. The Labute approximate surface area is 74.4 Å². The lowest BCUT2D eigenvalue weighted by atomic mass is 10.2. The molecule has 0 saturated carbocycles. The van der Waals surface area contributed by atoms with Gasteiger partial charge in [-0.05, 0) is 13.0 Å². The van der Waals surface area contributed by atoms with Crippen molar-refractivity contribution in [1.82, 2.24) is 5.32 Å². The number of hydrogen-bond donors (Lipinski definition) is 1. The van der Waals surface area contributed by atoms with Gasteiger partial charge in [0.05, 0.1) is 12.4 Å². The van der Waals surface area contributed by atoms with E-state index in [1.807, 2.05) is 13.8 Å². The summed E-state index contributed by atoms with van der Waals surface area (Å²) in [7, 11) is -1.59. The molecule has 0 aliphatic rings. The Hall–Kier alpha value is -0.130. The average Bonchev–Trinajstić information content (AvgIpc) is 1.98. The maximum atomic E-state index is 11.0. The van der Waals surface area contributed by atoms with Crippen molar-refractivity contribution < 1.29 is 12.6 Å². The molecule has 0 aromatic heterocycles. The van der Waals surface area contributed by atoms with Gasteiger partial charge in [-0.25, -0.2) is 0 Å². The van der Waals surface area contributed by atoms with Gasteiger partial charge in [0.25, 0.3) is 10.1 Å². The lowest BCUT2D eigenvalue weighted by Crippen LogP contribution is -2.22. The molecule has 0 bridgehead atoms. The molecule has 0 spiro atoms. The third kappa shape index (κ3) is 6.57. The van der Waals surface area contributed by atoms with E-state index in [-0.39, 0.29) is 18.3 Å². The third-order valence-electron chi connectivity index (χ3n) is 1.18. The van der Waals surface area contributed by atoms with Gasteiger partial charge in [0.15, 0.2) is 0 Å². The van der Waals surface area contributed by atoms with Crippen LogP contribution in [0.1, 0.15) is 13.8 Å². The maximum absolute atomic E-state index is 11.0. The first-order chi connectivity index (χ1) is 5.48. The van der Waals surface area contributed by atoms with Gasteiger partial charge in [-0.15, -0.1) is 0 Å². The summed E-state index contributed by atoms with van der Waals surface area (Å²) in [6.45, 7) is 4.52. The van der Waals surface area contributed by atoms with Gasteiger partial charge in [-0.3, -0.25) is 4.18 Å². The van der Waals surface area contributed by atoms with Crippen molar-refractivity contribution in [2.24, 2.45) is 5.92 Å². The zero-order valence-electron chi connectivity index (χ0n) is 7.83. The Morgan fingerprint density at radius 3 is 2.42 bits per heavy atom. The van der Waals surface area contributed by atoms with Crippen LogP contribution in [-0.2, 0) is 14.3 Å². The summed E-state index contributed by atoms with van der Waals surface area (Å²) in [5.41, 5.74) is 0.